The highest BCUT2D eigenvalue weighted by Gasteiger charge is 2.32. The summed E-state index contributed by atoms with van der Waals surface area (Å²) in [4.78, 5) is 15.8. The molecule has 0 spiro atoms. The largest absolute Gasteiger partial charge is 0.433 e. The molecule has 1 aromatic heterocycles. The predicted octanol–water partition coefficient (Wildman–Crippen LogP) is 4.98. The number of rotatable bonds is 9. The Bertz CT molecular complexity index is 1320. The van der Waals surface area contributed by atoms with E-state index >= 15 is 0 Å². The fourth-order valence-corrected chi connectivity index (χ4v) is 4.53. The van der Waals surface area contributed by atoms with Gasteiger partial charge in [0.05, 0.1) is 15.7 Å². The molecule has 0 aliphatic carbocycles. The number of aromatic nitrogens is 1. The van der Waals surface area contributed by atoms with Gasteiger partial charge in [-0.15, -0.1) is 0 Å². The van der Waals surface area contributed by atoms with Crippen LogP contribution in [0, 0.1) is 0 Å². The third kappa shape index (κ3) is 7.33. The quantitative estimate of drug-likeness (QED) is 0.385. The first-order valence-corrected chi connectivity index (χ1v) is 12.8. The number of amides is 1. The van der Waals surface area contributed by atoms with Gasteiger partial charge in [-0.2, -0.15) is 21.6 Å². The first-order valence-electron chi connectivity index (χ1n) is 10.5. The van der Waals surface area contributed by atoms with Crippen molar-refractivity contribution >= 4 is 45.0 Å². The number of carbonyl (C=O) groups excluding carboxylic acids is 1. The molecule has 0 aliphatic rings. The number of halogens is 5. The van der Waals surface area contributed by atoms with Crippen LogP contribution in [0.25, 0.3) is 0 Å². The van der Waals surface area contributed by atoms with E-state index in [0.29, 0.717) is 28.5 Å². The van der Waals surface area contributed by atoms with Gasteiger partial charge in [-0.1, -0.05) is 41.4 Å². The van der Waals surface area contributed by atoms with Crippen molar-refractivity contribution in [3.63, 3.8) is 0 Å². The molecule has 36 heavy (non-hydrogen) atoms. The normalized spacial score (nSPS) is 11.8. The molecular weight excluding hydrogens is 540 g/mol. The fraction of sp³-hybridized carbons (Fsp3) is 0.217. The Morgan fingerprint density at radius 3 is 2.33 bits per heavy atom. The third-order valence-corrected chi connectivity index (χ3v) is 7.00. The maximum Gasteiger partial charge on any atom is 0.433 e. The zero-order valence-corrected chi connectivity index (χ0v) is 20.9. The van der Waals surface area contributed by atoms with Gasteiger partial charge in [0.15, 0.2) is 0 Å². The van der Waals surface area contributed by atoms with Gasteiger partial charge in [0.1, 0.15) is 5.69 Å². The van der Waals surface area contributed by atoms with Crippen molar-refractivity contribution in [1.29, 1.82) is 0 Å². The van der Waals surface area contributed by atoms with Gasteiger partial charge >= 0.3 is 6.18 Å². The highest BCUT2D eigenvalue weighted by molar-refractivity contribution is 7.90. The first-order chi connectivity index (χ1) is 16.9. The number of hydrogen-bond donors (Lipinski definition) is 2. The molecule has 7 nitrogen and oxygen atoms in total. The Balaban J connectivity index is 1.62. The number of nitrogens with one attached hydrogen (secondary N) is 1. The van der Waals surface area contributed by atoms with E-state index in [4.69, 9.17) is 28.3 Å². The number of nitrogens with two attached hydrogens (primary N) is 1. The summed E-state index contributed by atoms with van der Waals surface area (Å²) in [7, 11) is -4.10. The van der Waals surface area contributed by atoms with Gasteiger partial charge in [0, 0.05) is 24.8 Å². The van der Waals surface area contributed by atoms with Crippen LogP contribution in [-0.4, -0.2) is 25.9 Å². The zero-order chi connectivity index (χ0) is 26.5. The third-order valence-electron chi connectivity index (χ3n) is 5.13. The standard InChI is InChI=1S/C23H21Cl2F3N4O3S/c24-19-5-1-3-16(21(19)25)4-2-12-32(36(29,34)35)18-9-7-17(8-10-18)22(33)31-14-15-6-11-20(30-13-15)23(26,27)28/h1,3,5-11,13H,2,4,12,14H2,(H,31,33)(H2,29,34,35). The summed E-state index contributed by atoms with van der Waals surface area (Å²) in [6, 6.07) is 13.0. The Kier molecular flexibility index (Phi) is 8.83. The first kappa shape index (κ1) is 27.7. The van der Waals surface area contributed by atoms with Crippen molar-refractivity contribution in [1.82, 2.24) is 10.3 Å². The molecule has 192 valence electrons. The SMILES string of the molecule is NS(=O)(=O)N(CCCc1cccc(Cl)c1Cl)c1ccc(C(=O)NCc2ccc(C(F)(F)F)nc2)cc1. The molecule has 3 N–H and O–H groups in total. The minimum absolute atomic E-state index is 0.0406. The molecule has 0 atom stereocenters. The molecule has 2 aromatic carbocycles. The molecule has 3 rings (SSSR count). The van der Waals surface area contributed by atoms with E-state index in [1.165, 1.54) is 30.3 Å². The van der Waals surface area contributed by atoms with Crippen LogP contribution in [0.2, 0.25) is 10.0 Å². The molecular formula is C23H21Cl2F3N4O3S. The molecule has 0 unspecified atom stereocenters. The van der Waals surface area contributed by atoms with Crippen molar-refractivity contribution < 1.29 is 26.4 Å². The Morgan fingerprint density at radius 2 is 1.75 bits per heavy atom. The smallest absolute Gasteiger partial charge is 0.348 e. The van der Waals surface area contributed by atoms with Crippen molar-refractivity contribution in [3.8, 4) is 0 Å². The minimum Gasteiger partial charge on any atom is -0.348 e. The topological polar surface area (TPSA) is 105 Å². The molecule has 0 radical (unpaired) electrons. The van der Waals surface area contributed by atoms with Gasteiger partial charge in [-0.05, 0) is 60.4 Å². The van der Waals surface area contributed by atoms with E-state index in [1.54, 1.807) is 18.2 Å². The van der Waals surface area contributed by atoms with E-state index in [9.17, 15) is 26.4 Å². The predicted molar refractivity (Wildman–Crippen MR) is 132 cm³/mol. The lowest BCUT2D eigenvalue weighted by Gasteiger charge is -2.22. The van der Waals surface area contributed by atoms with Gasteiger partial charge in [-0.25, -0.2) is 5.14 Å². The molecule has 0 aliphatic heterocycles. The molecule has 13 heteroatoms. The van der Waals surface area contributed by atoms with Gasteiger partial charge in [0.2, 0.25) is 0 Å². The van der Waals surface area contributed by atoms with Crippen LogP contribution in [0.1, 0.15) is 33.6 Å². The lowest BCUT2D eigenvalue weighted by atomic mass is 10.1. The number of alkyl halides is 3. The van der Waals surface area contributed by atoms with Crippen molar-refractivity contribution in [3.05, 3.63) is 93.2 Å². The summed E-state index contributed by atoms with van der Waals surface area (Å²) >= 11 is 12.2. The average Bonchev–Trinajstić information content (AvgIpc) is 2.82. The highest BCUT2D eigenvalue weighted by Crippen LogP contribution is 2.28. The number of nitrogens with zero attached hydrogens (tertiary/aromatic N) is 2. The number of anilines is 1. The summed E-state index contributed by atoms with van der Waals surface area (Å²) in [6.07, 6.45) is -2.64. The number of pyridine rings is 1. The zero-order valence-electron chi connectivity index (χ0n) is 18.6. The average molecular weight is 561 g/mol. The van der Waals surface area contributed by atoms with E-state index in [0.717, 1.165) is 22.1 Å². The van der Waals surface area contributed by atoms with Gasteiger partial charge in [0.25, 0.3) is 16.1 Å². The molecule has 3 aromatic rings. The van der Waals surface area contributed by atoms with Crippen LogP contribution in [-0.2, 0) is 29.4 Å². The number of benzene rings is 2. The fourth-order valence-electron chi connectivity index (χ4n) is 3.32. The second-order valence-electron chi connectivity index (χ2n) is 7.71. The van der Waals surface area contributed by atoms with Crippen molar-refractivity contribution in [2.75, 3.05) is 10.8 Å². The van der Waals surface area contributed by atoms with Gasteiger partial charge in [-0.3, -0.25) is 14.1 Å². The Morgan fingerprint density at radius 1 is 1.06 bits per heavy atom. The summed E-state index contributed by atoms with van der Waals surface area (Å²) in [5.41, 5.74) is 0.613. The van der Waals surface area contributed by atoms with Gasteiger partial charge < -0.3 is 5.32 Å². The van der Waals surface area contributed by atoms with E-state index in [2.05, 4.69) is 10.3 Å². The number of hydrogen-bond acceptors (Lipinski definition) is 4. The number of aryl methyl sites for hydroxylation is 1. The van der Waals surface area contributed by atoms with Crippen LogP contribution in [0.15, 0.2) is 60.8 Å². The minimum atomic E-state index is -4.54. The molecule has 0 fully saturated rings. The second-order valence-corrected chi connectivity index (χ2v) is 9.97. The summed E-state index contributed by atoms with van der Waals surface area (Å²) in [5, 5.41) is 8.77. The van der Waals surface area contributed by atoms with E-state index < -0.39 is 28.0 Å². The second kappa shape index (κ2) is 11.5. The van der Waals surface area contributed by atoms with Crippen molar-refractivity contribution in [2.24, 2.45) is 5.14 Å². The van der Waals surface area contributed by atoms with Crippen LogP contribution in [0.5, 0.6) is 0 Å². The van der Waals surface area contributed by atoms with Crippen molar-refractivity contribution in [2.45, 2.75) is 25.6 Å². The summed E-state index contributed by atoms with van der Waals surface area (Å²) < 4.78 is 63.1. The Labute approximate surface area is 216 Å². The maximum atomic E-state index is 12.6. The summed E-state index contributed by atoms with van der Waals surface area (Å²) in [5.74, 6) is -0.501. The highest BCUT2D eigenvalue weighted by atomic mass is 35.5. The Hall–Kier alpha value is -2.86. The molecule has 1 heterocycles. The maximum absolute atomic E-state index is 12.6. The lowest BCUT2D eigenvalue weighted by molar-refractivity contribution is -0.141. The molecule has 0 bridgehead atoms. The number of carbonyl (C=O) groups is 1. The van der Waals surface area contributed by atoms with Crippen LogP contribution in [0.4, 0.5) is 18.9 Å². The molecule has 1 amide bonds. The monoisotopic (exact) mass is 560 g/mol. The van der Waals surface area contributed by atoms with Crippen LogP contribution in [0.3, 0.4) is 0 Å². The van der Waals surface area contributed by atoms with E-state index in [1.807, 2.05) is 0 Å². The lowest BCUT2D eigenvalue weighted by Crippen LogP contribution is -2.37. The van der Waals surface area contributed by atoms with Crippen LogP contribution < -0.4 is 14.8 Å². The van der Waals surface area contributed by atoms with E-state index in [-0.39, 0.29) is 24.3 Å². The molecule has 0 saturated heterocycles. The molecule has 0 saturated carbocycles. The summed E-state index contributed by atoms with van der Waals surface area (Å²) in [6.45, 7) is 0.0230. The van der Waals surface area contributed by atoms with Crippen LogP contribution >= 0.6 is 23.2 Å².